The molecule has 0 spiro atoms. The molecule has 0 aliphatic rings. The predicted octanol–water partition coefficient (Wildman–Crippen LogP) is 4.72. The van der Waals surface area contributed by atoms with Gasteiger partial charge in [0.25, 0.3) is 15.9 Å². The molecule has 0 radical (unpaired) electrons. The van der Waals surface area contributed by atoms with Gasteiger partial charge in [0.2, 0.25) is 0 Å². The average molecular weight is 429 g/mol. The van der Waals surface area contributed by atoms with Crippen LogP contribution in [0.15, 0.2) is 77.7 Å². The smallest absolute Gasteiger partial charge is 0.261 e. The Morgan fingerprint density at radius 2 is 1.66 bits per heavy atom. The van der Waals surface area contributed by atoms with E-state index in [0.717, 1.165) is 11.1 Å². The van der Waals surface area contributed by atoms with Crippen LogP contribution >= 0.6 is 11.6 Å². The lowest BCUT2D eigenvalue weighted by Gasteiger charge is -2.19. The van der Waals surface area contributed by atoms with E-state index in [4.69, 9.17) is 11.6 Å². The number of hydrogen-bond acceptors (Lipinski definition) is 3. The number of halogens is 1. The van der Waals surface area contributed by atoms with Crippen LogP contribution in [0.3, 0.4) is 0 Å². The molecule has 0 aliphatic carbocycles. The number of anilines is 1. The minimum atomic E-state index is -3.74. The van der Waals surface area contributed by atoms with E-state index in [0.29, 0.717) is 22.8 Å². The summed E-state index contributed by atoms with van der Waals surface area (Å²) in [4.78, 5) is 14.6. The van der Waals surface area contributed by atoms with Crippen LogP contribution in [0.4, 0.5) is 5.69 Å². The topological polar surface area (TPSA) is 66.5 Å². The minimum absolute atomic E-state index is 0.163. The van der Waals surface area contributed by atoms with Crippen molar-refractivity contribution in [1.82, 2.24) is 4.90 Å². The lowest BCUT2D eigenvalue weighted by molar-refractivity contribution is 0.0785. The molecule has 0 atom stereocenters. The number of amides is 1. The third kappa shape index (κ3) is 5.16. The van der Waals surface area contributed by atoms with Gasteiger partial charge in [-0.15, -0.1) is 0 Å². The monoisotopic (exact) mass is 428 g/mol. The molecule has 0 aromatic heterocycles. The molecule has 0 saturated carbocycles. The molecule has 3 rings (SSSR count). The second-order valence-corrected chi connectivity index (χ2v) is 8.85. The summed E-state index contributed by atoms with van der Waals surface area (Å²) in [5.74, 6) is -0.208. The molecule has 3 aromatic carbocycles. The number of hydrogen-bond donors (Lipinski definition) is 1. The first-order valence-corrected chi connectivity index (χ1v) is 10.8. The van der Waals surface area contributed by atoms with Crippen molar-refractivity contribution in [2.24, 2.45) is 0 Å². The number of carbonyl (C=O) groups excluding carboxylic acids is 1. The number of carbonyl (C=O) groups is 1. The van der Waals surface area contributed by atoms with Gasteiger partial charge >= 0.3 is 0 Å². The van der Waals surface area contributed by atoms with Gasteiger partial charge in [0.15, 0.2) is 0 Å². The van der Waals surface area contributed by atoms with Gasteiger partial charge in [-0.2, -0.15) is 0 Å². The molecule has 0 unspecified atom stereocenters. The first kappa shape index (κ1) is 20.9. The van der Waals surface area contributed by atoms with Crippen molar-refractivity contribution in [3.05, 3.63) is 94.5 Å². The van der Waals surface area contributed by atoms with E-state index in [1.165, 1.54) is 12.1 Å². The molecule has 1 amide bonds. The summed E-state index contributed by atoms with van der Waals surface area (Å²) in [5, 5.41) is 0.636. The summed E-state index contributed by atoms with van der Waals surface area (Å²) < 4.78 is 27.8. The van der Waals surface area contributed by atoms with Crippen LogP contribution in [0.25, 0.3) is 0 Å². The third-order valence-electron chi connectivity index (χ3n) is 4.46. The van der Waals surface area contributed by atoms with Crippen molar-refractivity contribution in [3.8, 4) is 0 Å². The number of sulfonamides is 1. The van der Waals surface area contributed by atoms with Gasteiger partial charge in [-0.1, -0.05) is 48.0 Å². The average Bonchev–Trinajstić information content (AvgIpc) is 2.71. The maximum Gasteiger partial charge on any atom is 0.261 e. The van der Waals surface area contributed by atoms with E-state index in [-0.39, 0.29) is 10.8 Å². The molecule has 29 heavy (non-hydrogen) atoms. The number of nitrogens with one attached hydrogen (secondary N) is 1. The van der Waals surface area contributed by atoms with Gasteiger partial charge in [0.1, 0.15) is 0 Å². The van der Waals surface area contributed by atoms with Crippen molar-refractivity contribution in [2.45, 2.75) is 18.4 Å². The Labute approximate surface area is 176 Å². The molecule has 0 fully saturated rings. The normalized spacial score (nSPS) is 11.1. The second kappa shape index (κ2) is 8.68. The fourth-order valence-electron chi connectivity index (χ4n) is 2.82. The number of nitrogens with zero attached hydrogens (tertiary/aromatic N) is 1. The molecule has 3 aromatic rings. The Morgan fingerprint density at radius 1 is 1.00 bits per heavy atom. The van der Waals surface area contributed by atoms with E-state index in [1.54, 1.807) is 67.4 Å². The van der Waals surface area contributed by atoms with E-state index in [2.05, 4.69) is 4.72 Å². The third-order valence-corrected chi connectivity index (χ3v) is 6.10. The molecule has 0 bridgehead atoms. The van der Waals surface area contributed by atoms with Gasteiger partial charge in [-0.05, 0) is 54.4 Å². The standard InChI is InChI=1S/C22H21ClN2O3S/c1-16-8-11-18(22(26)25(2)15-17-9-12-19(23)13-10-17)14-21(16)24-29(27,28)20-6-4-3-5-7-20/h3-14,24H,15H2,1-2H3. The van der Waals surface area contributed by atoms with Crippen molar-refractivity contribution in [1.29, 1.82) is 0 Å². The quantitative estimate of drug-likeness (QED) is 0.617. The van der Waals surface area contributed by atoms with Gasteiger partial charge < -0.3 is 4.90 Å². The molecule has 7 heteroatoms. The van der Waals surface area contributed by atoms with Gasteiger partial charge in [-0.25, -0.2) is 8.42 Å². The summed E-state index contributed by atoms with van der Waals surface area (Å²) >= 11 is 5.90. The zero-order valence-electron chi connectivity index (χ0n) is 16.1. The maximum absolute atomic E-state index is 12.8. The van der Waals surface area contributed by atoms with Crippen molar-refractivity contribution < 1.29 is 13.2 Å². The molecule has 0 aliphatic heterocycles. The predicted molar refractivity (Wildman–Crippen MR) is 116 cm³/mol. The number of aryl methyl sites for hydroxylation is 1. The van der Waals surface area contributed by atoms with Crippen LogP contribution < -0.4 is 4.72 Å². The van der Waals surface area contributed by atoms with E-state index >= 15 is 0 Å². The minimum Gasteiger partial charge on any atom is -0.337 e. The summed E-state index contributed by atoms with van der Waals surface area (Å²) in [7, 11) is -2.04. The van der Waals surface area contributed by atoms with Crippen LogP contribution in [0.5, 0.6) is 0 Å². The zero-order chi connectivity index (χ0) is 21.0. The van der Waals surface area contributed by atoms with Crippen molar-refractivity contribution in [3.63, 3.8) is 0 Å². The summed E-state index contributed by atoms with van der Waals surface area (Å²) in [6.45, 7) is 2.20. The highest BCUT2D eigenvalue weighted by molar-refractivity contribution is 7.92. The molecule has 5 nitrogen and oxygen atoms in total. The largest absolute Gasteiger partial charge is 0.337 e. The first-order chi connectivity index (χ1) is 13.8. The summed E-state index contributed by atoms with van der Waals surface area (Å²) in [5.41, 5.74) is 2.45. The molecule has 0 saturated heterocycles. The van der Waals surface area contributed by atoms with Crippen LogP contribution in [0.1, 0.15) is 21.5 Å². The fourth-order valence-corrected chi connectivity index (χ4v) is 4.09. The van der Waals surface area contributed by atoms with Crippen molar-refractivity contribution >= 4 is 33.2 Å². The molecular formula is C22H21ClN2O3S. The van der Waals surface area contributed by atoms with Crippen LogP contribution in [0.2, 0.25) is 5.02 Å². The van der Waals surface area contributed by atoms with E-state index < -0.39 is 10.0 Å². The Balaban J connectivity index is 1.80. The van der Waals surface area contributed by atoms with Crippen molar-refractivity contribution in [2.75, 3.05) is 11.8 Å². The lowest BCUT2D eigenvalue weighted by Crippen LogP contribution is -2.26. The van der Waals surface area contributed by atoms with Crippen LogP contribution in [-0.4, -0.2) is 26.3 Å². The first-order valence-electron chi connectivity index (χ1n) is 8.95. The highest BCUT2D eigenvalue weighted by Gasteiger charge is 2.18. The molecular weight excluding hydrogens is 408 g/mol. The molecule has 150 valence electrons. The lowest BCUT2D eigenvalue weighted by atomic mass is 10.1. The summed E-state index contributed by atoms with van der Waals surface area (Å²) in [6.07, 6.45) is 0. The van der Waals surface area contributed by atoms with Crippen LogP contribution in [0, 0.1) is 6.92 Å². The van der Waals surface area contributed by atoms with Gasteiger partial charge in [-0.3, -0.25) is 9.52 Å². The van der Waals surface area contributed by atoms with E-state index in [1.807, 2.05) is 12.1 Å². The number of rotatable bonds is 6. The Morgan fingerprint density at radius 3 is 2.31 bits per heavy atom. The Kier molecular flexibility index (Phi) is 6.25. The molecule has 1 N–H and O–H groups in total. The Bertz CT molecular complexity index is 1110. The van der Waals surface area contributed by atoms with Gasteiger partial charge in [0.05, 0.1) is 10.6 Å². The van der Waals surface area contributed by atoms with E-state index in [9.17, 15) is 13.2 Å². The van der Waals surface area contributed by atoms with Crippen LogP contribution in [-0.2, 0) is 16.6 Å². The second-order valence-electron chi connectivity index (χ2n) is 6.74. The zero-order valence-corrected chi connectivity index (χ0v) is 17.7. The fraction of sp³-hybridized carbons (Fsp3) is 0.136. The SMILES string of the molecule is Cc1ccc(C(=O)N(C)Cc2ccc(Cl)cc2)cc1NS(=O)(=O)c1ccccc1. The number of benzene rings is 3. The summed E-state index contributed by atoms with van der Waals surface area (Å²) in [6, 6.07) is 20.4. The van der Waals surface area contributed by atoms with Gasteiger partial charge in [0, 0.05) is 24.2 Å². The highest BCUT2D eigenvalue weighted by atomic mass is 35.5. The molecule has 0 heterocycles. The highest BCUT2D eigenvalue weighted by Crippen LogP contribution is 2.22. The Hall–Kier alpha value is -2.83. The maximum atomic E-state index is 12.8.